The van der Waals surface area contributed by atoms with Gasteiger partial charge in [-0.15, -0.1) is 0 Å². The monoisotopic (exact) mass is 1420 g/mol. The van der Waals surface area contributed by atoms with Crippen LogP contribution in [0.15, 0.2) is 121 Å². The molecule has 0 aromatic heterocycles. The topological polar surface area (TPSA) is 206 Å². The van der Waals surface area contributed by atoms with Gasteiger partial charge in [-0.1, -0.05) is 169 Å². The lowest BCUT2D eigenvalue weighted by Crippen LogP contribution is -2.55. The molecular formula is C87H96N4O10S2. The zero-order valence-electron chi connectivity index (χ0n) is 59.2. The van der Waals surface area contributed by atoms with Crippen molar-refractivity contribution in [3.63, 3.8) is 0 Å². The van der Waals surface area contributed by atoms with Gasteiger partial charge in [-0.05, 0) is 151 Å². The van der Waals surface area contributed by atoms with Gasteiger partial charge in [0.05, 0.1) is 35.7 Å². The summed E-state index contributed by atoms with van der Waals surface area (Å²) >= 11 is 0. The summed E-state index contributed by atoms with van der Waals surface area (Å²) in [6.07, 6.45) is 28.3. The first kappa shape index (κ1) is 67.8. The molecule has 1 unspecified atom stereocenters. The first-order valence-electron chi connectivity index (χ1n) is 38.3. The molecule has 11 bridgehead atoms. The number of hydrogen-bond acceptors (Lipinski definition) is 16. The molecule has 6 heterocycles. The Bertz CT molecular complexity index is 4460. The third-order valence-electron chi connectivity index (χ3n) is 27.1. The zero-order valence-corrected chi connectivity index (χ0v) is 60.8. The second-order valence-corrected chi connectivity index (χ2v) is 35.1. The number of carbonyl (C=O) groups excluding carboxylic acids is 1. The number of methoxy groups -OCH3 is 1. The fourth-order valence-corrected chi connectivity index (χ4v) is 26.1. The fourth-order valence-electron chi connectivity index (χ4n) is 22.9. The molecule has 6 aliphatic heterocycles. The number of aliphatic hydroxyl groups is 2. The maximum atomic E-state index is 14.3. The Balaban J connectivity index is 0.989. The maximum absolute atomic E-state index is 14.3. The molecule has 536 valence electrons. The second-order valence-electron chi connectivity index (χ2n) is 32.5. The Labute approximate surface area is 613 Å². The van der Waals surface area contributed by atoms with Crippen molar-refractivity contribution in [2.75, 3.05) is 46.0 Å². The molecular weight excluding hydrogens is 1330 g/mol. The average Bonchev–Trinajstić information content (AvgIpc) is 1.60. The van der Waals surface area contributed by atoms with Crippen molar-refractivity contribution >= 4 is 33.6 Å². The number of aromatic hydroxyl groups is 2. The van der Waals surface area contributed by atoms with Gasteiger partial charge in [-0.25, -0.2) is 0 Å². The number of ether oxygens (including phenoxy) is 5. The Morgan fingerprint density at radius 2 is 1.71 bits per heavy atom. The second kappa shape index (κ2) is 27.0. The van der Waals surface area contributed by atoms with Crippen molar-refractivity contribution < 1.29 is 48.9 Å². The number of phenols is 2. The Morgan fingerprint density at radius 1 is 0.845 bits per heavy atom. The first-order valence-corrected chi connectivity index (χ1v) is 40.7. The van der Waals surface area contributed by atoms with Crippen molar-refractivity contribution in [2.45, 2.75) is 186 Å². The number of fused-ring (bicyclic) bond motifs is 14. The van der Waals surface area contributed by atoms with Gasteiger partial charge in [0, 0.05) is 125 Å². The highest BCUT2D eigenvalue weighted by molar-refractivity contribution is 8.77. The van der Waals surface area contributed by atoms with E-state index in [1.54, 1.807) is 13.2 Å². The van der Waals surface area contributed by atoms with Gasteiger partial charge in [0.25, 0.3) is 0 Å². The van der Waals surface area contributed by atoms with Crippen LogP contribution in [-0.4, -0.2) is 102 Å². The van der Waals surface area contributed by atoms with Crippen LogP contribution in [0, 0.1) is 64.6 Å². The fraction of sp³-hybridized carbons (Fsp3) is 0.506. The standard InChI is InChI=1S/C87H96N4O10S2/c1-50(94)98-46-67-61-21-22-63-74-54(38-60(95)40-71(74)99-49-93)41-85-35-34-84(48-85)33-29-56-15-6-7-32-87(56)58-17-11-16-57(39-58)86(30-8-9-31-86)68-25-19-53(20-26-69-62(83(84)87)24-28-73(88)91-69)75-65(43-89-42-55(44-92)66(68)45-97-2)78(96)81-64(76(75)79(67)100-80(61)77(63)85)23-27-70-82(101-81)72(37-51-12-4-3-5-13-51)103-102-47-52-14-10-18-59(36-52)90-70/h3-5,11-13,16-17,21-24,27-29,33,38-40,52-53,55-56,59,66-68,70,72-73,79,82-83,89-93,95-96H,6-10,14-15,18,30-32,34-37,41-49,88H2,1-2H3/t52-,53-,55-,56-,59+,66+,67+,68+,70+,72-,73?,79+,82+,83-,84+,85+,87-/m1/s1. The van der Waals surface area contributed by atoms with Crippen LogP contribution in [0.5, 0.6) is 28.7 Å². The largest absolute Gasteiger partial charge is 0.508 e. The van der Waals surface area contributed by atoms with Crippen LogP contribution in [0.4, 0.5) is 0 Å². The van der Waals surface area contributed by atoms with Crippen molar-refractivity contribution in [2.24, 2.45) is 46.7 Å². The van der Waals surface area contributed by atoms with Gasteiger partial charge >= 0.3 is 5.97 Å². The highest BCUT2D eigenvalue weighted by Gasteiger charge is 2.65. The summed E-state index contributed by atoms with van der Waals surface area (Å²) in [5.74, 6) is 16.6. The van der Waals surface area contributed by atoms with Crippen LogP contribution < -0.4 is 35.9 Å². The lowest BCUT2D eigenvalue weighted by atomic mass is 9.44. The number of carbonyl (C=O) groups is 1. The molecule has 14 nitrogen and oxygen atoms in total. The molecule has 9 N–H and O–H groups in total. The molecule has 4 saturated carbocycles. The van der Waals surface area contributed by atoms with Crippen molar-refractivity contribution in [3.05, 3.63) is 176 Å². The van der Waals surface area contributed by atoms with Gasteiger partial charge in [0.15, 0.2) is 18.3 Å². The molecule has 13 aliphatic rings. The van der Waals surface area contributed by atoms with Gasteiger partial charge in [0.1, 0.15) is 42.0 Å². The third-order valence-corrected chi connectivity index (χ3v) is 30.0. The number of allylic oxidation sites excluding steroid dienone is 5. The van der Waals surface area contributed by atoms with E-state index in [0.29, 0.717) is 65.9 Å². The Hall–Kier alpha value is -7.09. The SMILES string of the molecule is COC[C@H]1[C@@H](CO)CNCc2c(O)c3c(c4c2[C@H]2C#CC5=C(C=CC(N)N5)[C@@H]5[C@@]6(C=C[C@H]7CCCC[C@@]57c5cccc(c5)C5(CCCC5)[C@H]1C#C2)CC[C@]1(Cc2cc(O)cc(OCO)c2-c2ccc5c(c21)O[C@H]4[C@H]5COC(C)=O)C6)C=C[C@@H]1N[C@H]2CCC[C@@H](CSS[C@H](Cc4ccccc4)[C@H]1O3)C2. The van der Waals surface area contributed by atoms with E-state index in [9.17, 15) is 25.2 Å². The lowest BCUT2D eigenvalue weighted by molar-refractivity contribution is -0.141. The van der Waals surface area contributed by atoms with E-state index in [2.05, 4.69) is 143 Å². The van der Waals surface area contributed by atoms with Crippen LogP contribution in [0.2, 0.25) is 0 Å². The number of hydrogen-bond donors (Lipinski definition) is 8. The van der Waals surface area contributed by atoms with Crippen LogP contribution in [0.1, 0.15) is 177 Å². The molecule has 5 aromatic rings. The third kappa shape index (κ3) is 11.2. The molecule has 4 spiro atoms. The van der Waals surface area contributed by atoms with E-state index >= 15 is 0 Å². The average molecular weight is 1420 g/mol. The van der Waals surface area contributed by atoms with Crippen LogP contribution in [-0.2, 0) is 49.9 Å². The quantitative estimate of drug-likeness (QED) is 0.0227. The van der Waals surface area contributed by atoms with E-state index in [1.807, 2.05) is 27.7 Å². The summed E-state index contributed by atoms with van der Waals surface area (Å²) < 4.78 is 35.4. The summed E-state index contributed by atoms with van der Waals surface area (Å²) in [5, 5.41) is 60.9. The molecule has 17 atom stereocenters. The van der Waals surface area contributed by atoms with E-state index in [0.717, 1.165) is 140 Å². The van der Waals surface area contributed by atoms with Gasteiger partial charge in [0.2, 0.25) is 0 Å². The molecule has 16 heteroatoms. The molecule has 5 aromatic carbocycles. The molecule has 7 aliphatic carbocycles. The molecule has 1 saturated heterocycles. The molecule has 0 amide bonds. The normalized spacial score (nSPS) is 34.2. The Kier molecular flexibility index (Phi) is 17.8. The number of benzene rings is 5. The van der Waals surface area contributed by atoms with E-state index in [-0.39, 0.29) is 78.2 Å². The number of phenolic OH excluding ortho intramolecular Hbond substituents is 2. The first-order chi connectivity index (χ1) is 50.3. The highest BCUT2D eigenvalue weighted by Crippen LogP contribution is 2.72. The summed E-state index contributed by atoms with van der Waals surface area (Å²) in [6.45, 7) is 1.59. The van der Waals surface area contributed by atoms with Gasteiger partial charge < -0.3 is 65.8 Å². The number of nitrogens with one attached hydrogen (secondary N) is 3. The van der Waals surface area contributed by atoms with Crippen molar-refractivity contribution in [3.8, 4) is 63.6 Å². The predicted octanol–water partition coefficient (Wildman–Crippen LogP) is 13.7. The summed E-state index contributed by atoms with van der Waals surface area (Å²) in [4.78, 5) is 13.8. The molecule has 0 radical (unpaired) electrons. The van der Waals surface area contributed by atoms with Crippen LogP contribution in [0.25, 0.3) is 17.2 Å². The Morgan fingerprint density at radius 3 is 2.55 bits per heavy atom. The van der Waals surface area contributed by atoms with Crippen LogP contribution in [0.3, 0.4) is 0 Å². The molecule has 5 fully saturated rings. The number of dihydropyridines is 1. The minimum absolute atomic E-state index is 0.00824. The van der Waals surface area contributed by atoms with E-state index < -0.39 is 64.6 Å². The van der Waals surface area contributed by atoms with Gasteiger partial charge in [-0.2, -0.15) is 0 Å². The van der Waals surface area contributed by atoms with Crippen LogP contribution >= 0.6 is 21.6 Å². The predicted molar refractivity (Wildman–Crippen MR) is 403 cm³/mol. The van der Waals surface area contributed by atoms with E-state index in [1.165, 1.54) is 30.0 Å². The number of nitrogens with two attached hydrogens (primary N) is 1. The van der Waals surface area contributed by atoms with E-state index in [4.69, 9.17) is 29.4 Å². The van der Waals surface area contributed by atoms with Crippen molar-refractivity contribution in [1.82, 2.24) is 16.0 Å². The smallest absolute Gasteiger partial charge is 0.302 e. The summed E-state index contributed by atoms with van der Waals surface area (Å²) in [5.41, 5.74) is 18.1. The highest BCUT2D eigenvalue weighted by atomic mass is 33.1. The zero-order chi connectivity index (χ0) is 69.9. The number of esters is 1. The van der Waals surface area contributed by atoms with Gasteiger partial charge in [-0.3, -0.25) is 4.79 Å². The lowest BCUT2D eigenvalue weighted by Gasteiger charge is -2.59. The summed E-state index contributed by atoms with van der Waals surface area (Å²) in [7, 11) is 5.63. The number of rotatable bonds is 9. The maximum Gasteiger partial charge on any atom is 0.302 e. The minimum Gasteiger partial charge on any atom is -0.508 e. The minimum atomic E-state index is -0.921. The summed E-state index contributed by atoms with van der Waals surface area (Å²) in [6, 6.07) is 28.4. The molecule has 103 heavy (non-hydrogen) atoms. The number of aliphatic hydroxyl groups excluding tert-OH is 2. The van der Waals surface area contributed by atoms with Crippen molar-refractivity contribution in [1.29, 1.82) is 0 Å². The molecule has 18 rings (SSSR count).